The van der Waals surface area contributed by atoms with E-state index in [1.54, 1.807) is 7.05 Å². The first-order valence-corrected chi connectivity index (χ1v) is 8.27. The first kappa shape index (κ1) is 19.1. The van der Waals surface area contributed by atoms with Crippen LogP contribution < -0.4 is 5.73 Å². The van der Waals surface area contributed by atoms with E-state index in [0.29, 0.717) is 5.69 Å². The van der Waals surface area contributed by atoms with Gasteiger partial charge in [0.15, 0.2) is 0 Å². The van der Waals surface area contributed by atoms with Gasteiger partial charge >= 0.3 is 0 Å². The molecule has 1 amide bonds. The lowest BCUT2D eigenvalue weighted by atomic mass is 9.80. The first-order valence-electron chi connectivity index (χ1n) is 8.27. The third kappa shape index (κ3) is 4.06. The standard InChI is InChI=1S/C19H25F2N3O/c1-11(10-19(2,3)4)12-8-6-7-9-13(12)16-14(18(22)25)15(17(20)21)23-24(16)5/h6-9,11,17H,10H2,1-5H3,(H2,22,25). The minimum atomic E-state index is -2.86. The van der Waals surface area contributed by atoms with Crippen LogP contribution in [0.15, 0.2) is 24.3 Å². The topological polar surface area (TPSA) is 60.9 Å². The minimum absolute atomic E-state index is 0.111. The summed E-state index contributed by atoms with van der Waals surface area (Å²) < 4.78 is 27.9. The lowest BCUT2D eigenvalue weighted by Crippen LogP contribution is -2.15. The van der Waals surface area contributed by atoms with Crippen LogP contribution in [0.4, 0.5) is 8.78 Å². The summed E-state index contributed by atoms with van der Waals surface area (Å²) in [5.74, 6) is -0.710. The molecule has 25 heavy (non-hydrogen) atoms. The van der Waals surface area contributed by atoms with Gasteiger partial charge in [0.05, 0.1) is 11.3 Å². The Labute approximate surface area is 147 Å². The fourth-order valence-electron chi connectivity index (χ4n) is 3.42. The monoisotopic (exact) mass is 349 g/mol. The number of nitrogens with two attached hydrogens (primary N) is 1. The molecular formula is C19H25F2N3O. The highest BCUT2D eigenvalue weighted by Gasteiger charge is 2.29. The first-order chi connectivity index (χ1) is 11.5. The molecule has 1 aromatic carbocycles. The van der Waals surface area contributed by atoms with Gasteiger partial charge in [-0.15, -0.1) is 0 Å². The Morgan fingerprint density at radius 2 is 1.88 bits per heavy atom. The molecule has 6 heteroatoms. The van der Waals surface area contributed by atoms with Crippen molar-refractivity contribution < 1.29 is 13.6 Å². The number of primary amides is 1. The molecule has 0 aliphatic carbocycles. The Balaban J connectivity index is 2.66. The highest BCUT2D eigenvalue weighted by atomic mass is 19.3. The fraction of sp³-hybridized carbons (Fsp3) is 0.474. The third-order valence-corrected chi connectivity index (χ3v) is 4.19. The van der Waals surface area contributed by atoms with E-state index in [-0.39, 0.29) is 16.9 Å². The number of amides is 1. The van der Waals surface area contributed by atoms with E-state index in [2.05, 4.69) is 32.8 Å². The second-order valence-corrected chi connectivity index (χ2v) is 7.65. The number of carbonyl (C=O) groups excluding carboxylic acids is 1. The molecule has 1 unspecified atom stereocenters. The number of carbonyl (C=O) groups is 1. The van der Waals surface area contributed by atoms with Crippen LogP contribution in [-0.4, -0.2) is 15.7 Å². The second-order valence-electron chi connectivity index (χ2n) is 7.65. The summed E-state index contributed by atoms with van der Waals surface area (Å²) in [4.78, 5) is 11.9. The maximum absolute atomic E-state index is 13.3. The molecule has 0 aliphatic heterocycles. The largest absolute Gasteiger partial charge is 0.365 e. The van der Waals surface area contributed by atoms with Crippen LogP contribution in [0.5, 0.6) is 0 Å². The van der Waals surface area contributed by atoms with E-state index in [1.165, 1.54) is 4.68 Å². The van der Waals surface area contributed by atoms with E-state index in [9.17, 15) is 13.6 Å². The predicted octanol–water partition coefficient (Wildman–Crippen LogP) is 4.66. The summed E-state index contributed by atoms with van der Waals surface area (Å²) in [5, 5.41) is 3.85. The Morgan fingerprint density at radius 3 is 2.40 bits per heavy atom. The van der Waals surface area contributed by atoms with Crippen molar-refractivity contribution in [2.45, 2.75) is 46.5 Å². The third-order valence-electron chi connectivity index (χ3n) is 4.19. The van der Waals surface area contributed by atoms with Crippen molar-refractivity contribution in [3.05, 3.63) is 41.1 Å². The summed E-state index contributed by atoms with van der Waals surface area (Å²) in [7, 11) is 1.55. The summed E-state index contributed by atoms with van der Waals surface area (Å²) in [6, 6.07) is 7.52. The minimum Gasteiger partial charge on any atom is -0.365 e. The van der Waals surface area contributed by atoms with Crippen LogP contribution in [0.2, 0.25) is 0 Å². The lowest BCUT2D eigenvalue weighted by Gasteiger charge is -2.25. The zero-order chi connectivity index (χ0) is 18.9. The lowest BCUT2D eigenvalue weighted by molar-refractivity contribution is 0.0985. The summed E-state index contributed by atoms with van der Waals surface area (Å²) in [6.45, 7) is 8.55. The van der Waals surface area contributed by atoms with Crippen LogP contribution in [0.1, 0.15) is 68.1 Å². The highest BCUT2D eigenvalue weighted by Crippen LogP contribution is 2.38. The van der Waals surface area contributed by atoms with Crippen LogP contribution in [0.3, 0.4) is 0 Å². The molecule has 0 aliphatic rings. The number of hydrogen-bond donors (Lipinski definition) is 1. The molecule has 0 saturated heterocycles. The summed E-state index contributed by atoms with van der Waals surface area (Å²) in [6.07, 6.45) is -1.95. The number of aryl methyl sites for hydroxylation is 1. The van der Waals surface area contributed by atoms with Gasteiger partial charge in [0.2, 0.25) is 0 Å². The zero-order valence-corrected chi connectivity index (χ0v) is 15.3. The Kier molecular flexibility index (Phi) is 5.30. The van der Waals surface area contributed by atoms with Gasteiger partial charge in [0.25, 0.3) is 12.3 Å². The molecule has 0 saturated carbocycles. The van der Waals surface area contributed by atoms with Crippen molar-refractivity contribution in [2.24, 2.45) is 18.2 Å². The molecule has 2 aromatic rings. The fourth-order valence-corrected chi connectivity index (χ4v) is 3.42. The van der Waals surface area contributed by atoms with Gasteiger partial charge in [0, 0.05) is 12.6 Å². The number of halogens is 2. The number of rotatable bonds is 5. The SMILES string of the molecule is CC(CC(C)(C)C)c1ccccc1-c1c(C(N)=O)c(C(F)F)nn1C. The molecule has 1 heterocycles. The average Bonchev–Trinajstić information content (AvgIpc) is 2.83. The van der Waals surface area contributed by atoms with Crippen molar-refractivity contribution >= 4 is 5.91 Å². The van der Waals surface area contributed by atoms with E-state index in [0.717, 1.165) is 17.5 Å². The molecule has 0 spiro atoms. The van der Waals surface area contributed by atoms with Gasteiger partial charge in [-0.25, -0.2) is 8.78 Å². The molecular weight excluding hydrogens is 324 g/mol. The van der Waals surface area contributed by atoms with Crippen LogP contribution in [-0.2, 0) is 7.05 Å². The summed E-state index contributed by atoms with van der Waals surface area (Å²) >= 11 is 0. The maximum atomic E-state index is 13.3. The molecule has 1 aromatic heterocycles. The molecule has 0 radical (unpaired) electrons. The Morgan fingerprint density at radius 1 is 1.28 bits per heavy atom. The maximum Gasteiger partial charge on any atom is 0.282 e. The van der Waals surface area contributed by atoms with Crippen molar-refractivity contribution in [1.29, 1.82) is 0 Å². The van der Waals surface area contributed by atoms with Gasteiger partial charge in [-0.1, -0.05) is 52.0 Å². The van der Waals surface area contributed by atoms with Gasteiger partial charge in [-0.2, -0.15) is 5.10 Å². The van der Waals surface area contributed by atoms with Crippen molar-refractivity contribution in [3.8, 4) is 11.3 Å². The highest BCUT2D eigenvalue weighted by molar-refractivity contribution is 6.00. The number of hydrogen-bond acceptors (Lipinski definition) is 2. The van der Waals surface area contributed by atoms with Gasteiger partial charge in [-0.3, -0.25) is 9.48 Å². The van der Waals surface area contributed by atoms with Crippen LogP contribution >= 0.6 is 0 Å². The predicted molar refractivity (Wildman–Crippen MR) is 94.6 cm³/mol. The molecule has 4 nitrogen and oxygen atoms in total. The smallest absolute Gasteiger partial charge is 0.282 e. The van der Waals surface area contributed by atoms with E-state index in [4.69, 9.17) is 5.73 Å². The Hall–Kier alpha value is -2.24. The Bertz CT molecular complexity index is 775. The normalized spacial score (nSPS) is 13.3. The molecule has 0 bridgehead atoms. The molecule has 0 fully saturated rings. The van der Waals surface area contributed by atoms with E-state index >= 15 is 0 Å². The van der Waals surface area contributed by atoms with E-state index in [1.807, 2.05) is 24.3 Å². The van der Waals surface area contributed by atoms with Crippen LogP contribution in [0.25, 0.3) is 11.3 Å². The summed E-state index contributed by atoms with van der Waals surface area (Å²) in [5.41, 5.74) is 6.80. The van der Waals surface area contributed by atoms with E-state index < -0.39 is 18.0 Å². The van der Waals surface area contributed by atoms with Crippen LogP contribution in [0, 0.1) is 5.41 Å². The van der Waals surface area contributed by atoms with Gasteiger partial charge in [-0.05, 0) is 23.3 Å². The average molecular weight is 349 g/mol. The van der Waals surface area contributed by atoms with Gasteiger partial charge in [0.1, 0.15) is 5.69 Å². The number of benzene rings is 1. The van der Waals surface area contributed by atoms with Gasteiger partial charge < -0.3 is 5.73 Å². The molecule has 2 N–H and O–H groups in total. The number of nitrogens with zero attached hydrogens (tertiary/aromatic N) is 2. The molecule has 1 atom stereocenters. The number of alkyl halides is 2. The zero-order valence-electron chi connectivity index (χ0n) is 15.3. The van der Waals surface area contributed by atoms with Crippen molar-refractivity contribution in [2.75, 3.05) is 0 Å². The number of aromatic nitrogens is 2. The van der Waals surface area contributed by atoms with Crippen molar-refractivity contribution in [1.82, 2.24) is 9.78 Å². The van der Waals surface area contributed by atoms with Crippen molar-refractivity contribution in [3.63, 3.8) is 0 Å². The second kappa shape index (κ2) is 6.94. The molecule has 136 valence electrons. The molecule has 2 rings (SSSR count). The quantitative estimate of drug-likeness (QED) is 0.853.